The van der Waals surface area contributed by atoms with Gasteiger partial charge in [-0.3, -0.25) is 10.1 Å². The topological polar surface area (TPSA) is 79.0 Å². The fraction of sp³-hybridized carbons (Fsp3) is 0. The normalized spacial score (nSPS) is 9.50. The summed E-state index contributed by atoms with van der Waals surface area (Å²) >= 11 is 0. The minimum absolute atomic E-state index is 0.0559. The van der Waals surface area contributed by atoms with Crippen LogP contribution in [-0.2, 0) is 0 Å². The second-order valence-electron chi connectivity index (χ2n) is 3.62. The maximum atomic E-state index is 10.5. The van der Waals surface area contributed by atoms with E-state index in [9.17, 15) is 10.1 Å². The molecule has 1 N–H and O–H groups in total. The summed E-state index contributed by atoms with van der Waals surface area (Å²) in [7, 11) is 0. The van der Waals surface area contributed by atoms with Gasteiger partial charge in [0.05, 0.1) is 16.6 Å². The van der Waals surface area contributed by atoms with E-state index < -0.39 is 4.92 Å². The Hall–Kier alpha value is -2.87. The average molecular weight is 239 g/mol. The Balaban J connectivity index is 2.13. The molecule has 5 nitrogen and oxygen atoms in total. The molecule has 0 fully saturated rings. The van der Waals surface area contributed by atoms with Crippen molar-refractivity contribution in [3.8, 4) is 6.07 Å². The van der Waals surface area contributed by atoms with E-state index in [2.05, 4.69) is 5.32 Å². The van der Waals surface area contributed by atoms with E-state index in [-0.39, 0.29) is 5.69 Å². The van der Waals surface area contributed by atoms with Gasteiger partial charge in [-0.2, -0.15) is 5.26 Å². The van der Waals surface area contributed by atoms with Crippen molar-refractivity contribution in [2.24, 2.45) is 0 Å². The summed E-state index contributed by atoms with van der Waals surface area (Å²) in [4.78, 5) is 10.1. The molecule has 0 aliphatic heterocycles. The Kier molecular flexibility index (Phi) is 3.21. The van der Waals surface area contributed by atoms with Crippen LogP contribution in [0.1, 0.15) is 5.56 Å². The molecule has 0 saturated carbocycles. The van der Waals surface area contributed by atoms with Gasteiger partial charge in [-0.15, -0.1) is 0 Å². The number of nitro groups is 1. The van der Waals surface area contributed by atoms with E-state index in [1.54, 1.807) is 36.4 Å². The summed E-state index contributed by atoms with van der Waals surface area (Å²) in [6, 6.07) is 15.1. The quantitative estimate of drug-likeness (QED) is 0.658. The lowest BCUT2D eigenvalue weighted by atomic mass is 10.2. The van der Waals surface area contributed by atoms with Gasteiger partial charge in [-0.25, -0.2) is 0 Å². The molecule has 5 heteroatoms. The molecule has 0 atom stereocenters. The predicted molar refractivity (Wildman–Crippen MR) is 67.5 cm³/mol. The number of nitriles is 1. The van der Waals surface area contributed by atoms with Gasteiger partial charge >= 0.3 is 0 Å². The molecule has 0 heterocycles. The molecule has 2 aromatic rings. The number of nitro benzene ring substituents is 1. The highest BCUT2D eigenvalue weighted by atomic mass is 16.6. The maximum Gasteiger partial charge on any atom is 0.269 e. The van der Waals surface area contributed by atoms with Crippen molar-refractivity contribution in [2.75, 3.05) is 5.32 Å². The number of anilines is 2. The Morgan fingerprint density at radius 3 is 1.94 bits per heavy atom. The molecule has 2 aromatic carbocycles. The van der Waals surface area contributed by atoms with Crippen LogP contribution in [0.2, 0.25) is 0 Å². The van der Waals surface area contributed by atoms with Crippen LogP contribution in [0.5, 0.6) is 0 Å². The number of rotatable bonds is 3. The molecule has 0 bridgehead atoms. The van der Waals surface area contributed by atoms with Gasteiger partial charge < -0.3 is 5.32 Å². The molecular formula is C13H9N3O2. The van der Waals surface area contributed by atoms with E-state index in [0.717, 1.165) is 11.4 Å². The van der Waals surface area contributed by atoms with Crippen LogP contribution in [0, 0.1) is 21.4 Å². The molecule has 88 valence electrons. The Morgan fingerprint density at radius 1 is 1.00 bits per heavy atom. The van der Waals surface area contributed by atoms with Crippen LogP contribution in [-0.4, -0.2) is 4.92 Å². The SMILES string of the molecule is N#Cc1ccc(Nc2ccc([N+](=O)[O-])cc2)cc1. The molecule has 0 aliphatic rings. The van der Waals surface area contributed by atoms with Gasteiger partial charge in [0.2, 0.25) is 0 Å². The van der Waals surface area contributed by atoms with E-state index >= 15 is 0 Å². The molecule has 2 rings (SSSR count). The Labute approximate surface area is 103 Å². The van der Waals surface area contributed by atoms with Crippen LogP contribution in [0.25, 0.3) is 0 Å². The number of hydrogen-bond donors (Lipinski definition) is 1. The molecule has 0 saturated heterocycles. The lowest BCUT2D eigenvalue weighted by Gasteiger charge is -2.05. The Bertz CT molecular complexity index is 598. The lowest BCUT2D eigenvalue weighted by molar-refractivity contribution is -0.384. The number of benzene rings is 2. The van der Waals surface area contributed by atoms with Gasteiger partial charge in [-0.05, 0) is 36.4 Å². The number of nitrogens with zero attached hydrogens (tertiary/aromatic N) is 2. The van der Waals surface area contributed by atoms with Crippen molar-refractivity contribution < 1.29 is 4.92 Å². The first-order valence-electron chi connectivity index (χ1n) is 5.21. The highest BCUT2D eigenvalue weighted by molar-refractivity contribution is 5.61. The van der Waals surface area contributed by atoms with Crippen molar-refractivity contribution >= 4 is 17.1 Å². The summed E-state index contributed by atoms with van der Waals surface area (Å²) in [5.74, 6) is 0. The highest BCUT2D eigenvalue weighted by Crippen LogP contribution is 2.20. The van der Waals surface area contributed by atoms with Crippen molar-refractivity contribution in [3.63, 3.8) is 0 Å². The molecule has 0 amide bonds. The molecule has 0 aliphatic carbocycles. The molecule has 0 unspecified atom stereocenters. The molecule has 0 radical (unpaired) electrons. The lowest BCUT2D eigenvalue weighted by Crippen LogP contribution is -1.91. The van der Waals surface area contributed by atoms with Crippen LogP contribution < -0.4 is 5.32 Å². The van der Waals surface area contributed by atoms with Crippen molar-refractivity contribution in [1.82, 2.24) is 0 Å². The smallest absolute Gasteiger partial charge is 0.269 e. The molecular weight excluding hydrogens is 230 g/mol. The second kappa shape index (κ2) is 4.97. The van der Waals surface area contributed by atoms with Crippen molar-refractivity contribution in [1.29, 1.82) is 5.26 Å². The summed E-state index contributed by atoms with van der Waals surface area (Å²) in [5, 5.41) is 22.3. The largest absolute Gasteiger partial charge is 0.356 e. The van der Waals surface area contributed by atoms with Gasteiger partial charge in [0.1, 0.15) is 0 Å². The van der Waals surface area contributed by atoms with E-state index in [1.807, 2.05) is 6.07 Å². The van der Waals surface area contributed by atoms with Crippen molar-refractivity contribution in [2.45, 2.75) is 0 Å². The van der Waals surface area contributed by atoms with Crippen LogP contribution >= 0.6 is 0 Å². The van der Waals surface area contributed by atoms with Crippen molar-refractivity contribution in [3.05, 3.63) is 64.2 Å². The Morgan fingerprint density at radius 2 is 1.50 bits per heavy atom. The summed E-state index contributed by atoms with van der Waals surface area (Å²) in [5.41, 5.74) is 2.22. The third-order valence-corrected chi connectivity index (χ3v) is 2.38. The third kappa shape index (κ3) is 2.62. The molecule has 18 heavy (non-hydrogen) atoms. The number of non-ortho nitro benzene ring substituents is 1. The standard InChI is InChI=1S/C13H9N3O2/c14-9-10-1-3-11(4-2-10)15-12-5-7-13(8-6-12)16(17)18/h1-8,15H. The fourth-order valence-corrected chi connectivity index (χ4v) is 1.46. The van der Waals surface area contributed by atoms with Crippen LogP contribution in [0.15, 0.2) is 48.5 Å². The first kappa shape index (κ1) is 11.6. The van der Waals surface area contributed by atoms with Gasteiger partial charge in [-0.1, -0.05) is 0 Å². The maximum absolute atomic E-state index is 10.5. The van der Waals surface area contributed by atoms with Crippen LogP contribution in [0.4, 0.5) is 17.1 Å². The zero-order valence-corrected chi connectivity index (χ0v) is 9.33. The van der Waals surface area contributed by atoms with E-state index in [0.29, 0.717) is 5.56 Å². The monoisotopic (exact) mass is 239 g/mol. The summed E-state index contributed by atoms with van der Waals surface area (Å²) < 4.78 is 0. The fourth-order valence-electron chi connectivity index (χ4n) is 1.46. The predicted octanol–water partition coefficient (Wildman–Crippen LogP) is 3.21. The number of hydrogen-bond acceptors (Lipinski definition) is 4. The van der Waals surface area contributed by atoms with E-state index in [4.69, 9.17) is 5.26 Å². The zero-order chi connectivity index (χ0) is 13.0. The average Bonchev–Trinajstić information content (AvgIpc) is 2.40. The minimum atomic E-state index is -0.439. The molecule has 0 spiro atoms. The van der Waals surface area contributed by atoms with Gasteiger partial charge in [0.15, 0.2) is 0 Å². The first-order chi connectivity index (χ1) is 8.69. The van der Waals surface area contributed by atoms with E-state index in [1.165, 1.54) is 12.1 Å². The minimum Gasteiger partial charge on any atom is -0.356 e. The summed E-state index contributed by atoms with van der Waals surface area (Å²) in [6.07, 6.45) is 0. The van der Waals surface area contributed by atoms with Crippen LogP contribution in [0.3, 0.4) is 0 Å². The molecule has 0 aromatic heterocycles. The zero-order valence-electron chi connectivity index (χ0n) is 9.33. The van der Waals surface area contributed by atoms with Gasteiger partial charge in [0, 0.05) is 23.5 Å². The second-order valence-corrected chi connectivity index (χ2v) is 3.62. The highest BCUT2D eigenvalue weighted by Gasteiger charge is 2.03. The first-order valence-corrected chi connectivity index (χ1v) is 5.21. The van der Waals surface area contributed by atoms with Gasteiger partial charge in [0.25, 0.3) is 5.69 Å². The third-order valence-electron chi connectivity index (χ3n) is 2.38. The number of nitrogens with one attached hydrogen (secondary N) is 1. The summed E-state index contributed by atoms with van der Waals surface area (Å²) in [6.45, 7) is 0.